The Morgan fingerprint density at radius 3 is 2.52 bits per heavy atom. The molecule has 5 nitrogen and oxygen atoms in total. The molecular weight excluding hydrogens is 387 g/mol. The second-order valence-corrected chi connectivity index (χ2v) is 7.70. The average Bonchev–Trinajstić information content (AvgIpc) is 3.12. The van der Waals surface area contributed by atoms with Gasteiger partial charge in [0.25, 0.3) is 0 Å². The summed E-state index contributed by atoms with van der Waals surface area (Å²) in [5, 5.41) is 8.81. The molecule has 1 heterocycles. The Hall–Kier alpha value is -2.93. The molecule has 0 aliphatic rings. The number of thioether (sulfide) groups is 1. The van der Waals surface area contributed by atoms with Crippen molar-refractivity contribution in [3.8, 4) is 11.4 Å². The van der Waals surface area contributed by atoms with Gasteiger partial charge in [-0.2, -0.15) is 0 Å². The molecular formula is C22H23FN4OS. The smallest absolute Gasteiger partial charge is 0.240 e. The van der Waals surface area contributed by atoms with Gasteiger partial charge in [0.05, 0.1) is 5.25 Å². The summed E-state index contributed by atoms with van der Waals surface area (Å²) in [4.78, 5) is 14.8. The Morgan fingerprint density at radius 1 is 1.21 bits per heavy atom. The summed E-state index contributed by atoms with van der Waals surface area (Å²) >= 11 is 1.35. The molecule has 1 aromatic heterocycles. The summed E-state index contributed by atoms with van der Waals surface area (Å²) < 4.78 is 15.1. The highest BCUT2D eigenvalue weighted by Gasteiger charge is 2.24. The van der Waals surface area contributed by atoms with E-state index in [0.717, 1.165) is 11.3 Å². The first kappa shape index (κ1) is 20.8. The van der Waals surface area contributed by atoms with Gasteiger partial charge in [0, 0.05) is 24.3 Å². The summed E-state index contributed by atoms with van der Waals surface area (Å²) in [7, 11) is 0. The zero-order valence-corrected chi connectivity index (χ0v) is 17.3. The number of hydrogen-bond acceptors (Lipinski definition) is 4. The van der Waals surface area contributed by atoms with Crippen LogP contribution in [0.2, 0.25) is 0 Å². The standard InChI is InChI=1S/C22H23FN4OS/c1-4-15-27-20(17-11-13-18(23)14-12-17)24-25-22(27)29-16(3)21(28)26(5-2)19-9-7-6-8-10-19/h4,6-14,16H,1,5,15H2,2-3H3/t16-/m1/s1. The Morgan fingerprint density at radius 2 is 1.90 bits per heavy atom. The lowest BCUT2D eigenvalue weighted by atomic mass is 10.2. The van der Waals surface area contributed by atoms with Gasteiger partial charge >= 0.3 is 0 Å². The number of allylic oxidation sites excluding steroid dienone is 1. The fraction of sp³-hybridized carbons (Fsp3) is 0.227. The fourth-order valence-electron chi connectivity index (χ4n) is 2.98. The van der Waals surface area contributed by atoms with E-state index >= 15 is 0 Å². The van der Waals surface area contributed by atoms with E-state index in [4.69, 9.17) is 0 Å². The number of para-hydroxylation sites is 1. The van der Waals surface area contributed by atoms with Crippen LogP contribution < -0.4 is 4.90 Å². The molecule has 0 bridgehead atoms. The number of carbonyl (C=O) groups is 1. The Balaban J connectivity index is 1.84. The van der Waals surface area contributed by atoms with Gasteiger partial charge in [-0.1, -0.05) is 36.0 Å². The van der Waals surface area contributed by atoms with Gasteiger partial charge in [0.2, 0.25) is 5.91 Å². The molecule has 3 aromatic rings. The SMILES string of the molecule is C=CCn1c(S[C@H](C)C(=O)N(CC)c2ccccc2)nnc1-c1ccc(F)cc1. The number of anilines is 1. The van der Waals surface area contributed by atoms with Crippen LogP contribution in [0, 0.1) is 5.82 Å². The lowest BCUT2D eigenvalue weighted by Crippen LogP contribution is -2.36. The molecule has 1 atom stereocenters. The van der Waals surface area contributed by atoms with Gasteiger partial charge < -0.3 is 4.90 Å². The molecule has 0 radical (unpaired) electrons. The van der Waals surface area contributed by atoms with Crippen molar-refractivity contribution < 1.29 is 9.18 Å². The summed E-state index contributed by atoms with van der Waals surface area (Å²) in [5.74, 6) is 0.306. The number of halogens is 1. The zero-order chi connectivity index (χ0) is 20.8. The van der Waals surface area contributed by atoms with Gasteiger partial charge in [-0.25, -0.2) is 4.39 Å². The maximum Gasteiger partial charge on any atom is 0.240 e. The second kappa shape index (κ2) is 9.52. The van der Waals surface area contributed by atoms with Crippen LogP contribution in [0.4, 0.5) is 10.1 Å². The summed E-state index contributed by atoms with van der Waals surface area (Å²) in [6.45, 7) is 8.68. The first-order chi connectivity index (χ1) is 14.0. The van der Waals surface area contributed by atoms with Crippen molar-refractivity contribution in [2.24, 2.45) is 0 Å². The Kier molecular flexibility index (Phi) is 6.82. The number of benzene rings is 2. The average molecular weight is 411 g/mol. The minimum atomic E-state index is -0.357. The monoisotopic (exact) mass is 410 g/mol. The van der Waals surface area contributed by atoms with Crippen molar-refractivity contribution in [3.05, 3.63) is 73.1 Å². The van der Waals surface area contributed by atoms with Crippen molar-refractivity contribution in [2.75, 3.05) is 11.4 Å². The minimum absolute atomic E-state index is 0.000172. The van der Waals surface area contributed by atoms with Crippen molar-refractivity contribution in [1.29, 1.82) is 0 Å². The van der Waals surface area contributed by atoms with Gasteiger partial charge in [-0.3, -0.25) is 9.36 Å². The maximum absolute atomic E-state index is 13.3. The molecule has 0 saturated heterocycles. The second-order valence-electron chi connectivity index (χ2n) is 6.39. The molecule has 0 fully saturated rings. The number of rotatable bonds is 8. The van der Waals surface area contributed by atoms with Crippen LogP contribution in [0.1, 0.15) is 13.8 Å². The van der Waals surface area contributed by atoms with Crippen LogP contribution in [-0.4, -0.2) is 32.5 Å². The highest BCUT2D eigenvalue weighted by Crippen LogP contribution is 2.29. The lowest BCUT2D eigenvalue weighted by molar-refractivity contribution is -0.117. The number of hydrogen-bond donors (Lipinski definition) is 0. The molecule has 0 spiro atoms. The Bertz CT molecular complexity index is 972. The van der Waals surface area contributed by atoms with E-state index in [-0.39, 0.29) is 17.0 Å². The van der Waals surface area contributed by atoms with Crippen LogP contribution in [0.5, 0.6) is 0 Å². The molecule has 0 N–H and O–H groups in total. The van der Waals surface area contributed by atoms with Crippen molar-refractivity contribution in [1.82, 2.24) is 14.8 Å². The topological polar surface area (TPSA) is 51.0 Å². The summed E-state index contributed by atoms with van der Waals surface area (Å²) in [6, 6.07) is 15.7. The summed E-state index contributed by atoms with van der Waals surface area (Å²) in [6.07, 6.45) is 1.75. The first-order valence-corrected chi connectivity index (χ1v) is 10.3. The highest BCUT2D eigenvalue weighted by molar-refractivity contribution is 8.00. The predicted molar refractivity (Wildman–Crippen MR) is 115 cm³/mol. The molecule has 1 amide bonds. The molecule has 0 saturated carbocycles. The van der Waals surface area contributed by atoms with Crippen molar-refractivity contribution in [3.63, 3.8) is 0 Å². The van der Waals surface area contributed by atoms with Gasteiger partial charge in [-0.05, 0) is 50.2 Å². The van der Waals surface area contributed by atoms with Crippen LogP contribution in [0.3, 0.4) is 0 Å². The fourth-order valence-corrected chi connectivity index (χ4v) is 3.90. The quantitative estimate of drug-likeness (QED) is 0.395. The molecule has 2 aromatic carbocycles. The maximum atomic E-state index is 13.3. The third kappa shape index (κ3) is 4.74. The third-order valence-electron chi connectivity index (χ3n) is 4.41. The van der Waals surface area contributed by atoms with Gasteiger partial charge in [0.15, 0.2) is 11.0 Å². The predicted octanol–water partition coefficient (Wildman–Crippen LogP) is 4.80. The molecule has 0 aliphatic heterocycles. The van der Waals surface area contributed by atoms with E-state index in [9.17, 15) is 9.18 Å². The third-order valence-corrected chi connectivity index (χ3v) is 5.48. The molecule has 7 heteroatoms. The molecule has 3 rings (SSSR count). The first-order valence-electron chi connectivity index (χ1n) is 9.38. The van der Waals surface area contributed by atoms with Crippen LogP contribution in [-0.2, 0) is 11.3 Å². The molecule has 0 unspecified atom stereocenters. The van der Waals surface area contributed by atoms with Gasteiger partial charge in [0.1, 0.15) is 5.82 Å². The number of amides is 1. The molecule has 0 aliphatic carbocycles. The van der Waals surface area contributed by atoms with E-state index in [1.54, 1.807) is 23.1 Å². The molecule has 29 heavy (non-hydrogen) atoms. The van der Waals surface area contributed by atoms with Crippen LogP contribution in [0.25, 0.3) is 11.4 Å². The van der Waals surface area contributed by atoms with Gasteiger partial charge in [-0.15, -0.1) is 16.8 Å². The van der Waals surface area contributed by atoms with E-state index in [0.29, 0.717) is 24.1 Å². The molecule has 150 valence electrons. The minimum Gasteiger partial charge on any atom is -0.312 e. The lowest BCUT2D eigenvalue weighted by Gasteiger charge is -2.24. The summed E-state index contributed by atoms with van der Waals surface area (Å²) in [5.41, 5.74) is 1.62. The zero-order valence-electron chi connectivity index (χ0n) is 16.5. The number of aromatic nitrogens is 3. The van der Waals surface area contributed by atoms with Crippen LogP contribution >= 0.6 is 11.8 Å². The highest BCUT2D eigenvalue weighted by atomic mass is 32.2. The number of carbonyl (C=O) groups excluding carboxylic acids is 1. The normalized spacial score (nSPS) is 11.8. The van der Waals surface area contributed by atoms with E-state index in [2.05, 4.69) is 16.8 Å². The Labute approximate surface area is 174 Å². The van der Waals surface area contributed by atoms with Crippen LogP contribution in [0.15, 0.2) is 72.4 Å². The van der Waals surface area contributed by atoms with Crippen molar-refractivity contribution in [2.45, 2.75) is 30.8 Å². The largest absolute Gasteiger partial charge is 0.312 e. The van der Waals surface area contributed by atoms with E-state index in [1.807, 2.05) is 48.7 Å². The van der Waals surface area contributed by atoms with Crippen molar-refractivity contribution >= 4 is 23.4 Å². The number of nitrogens with zero attached hydrogens (tertiary/aromatic N) is 4. The van der Waals surface area contributed by atoms with E-state index < -0.39 is 0 Å². The van der Waals surface area contributed by atoms with E-state index in [1.165, 1.54) is 23.9 Å².